The van der Waals surface area contributed by atoms with Crippen LogP contribution in [0.25, 0.3) is 0 Å². The van der Waals surface area contributed by atoms with Crippen molar-refractivity contribution in [2.24, 2.45) is 0 Å². The molecule has 2 N–H and O–H groups in total. The van der Waals surface area contributed by atoms with Crippen molar-refractivity contribution in [2.75, 3.05) is 25.2 Å². The molecule has 0 aromatic rings. The van der Waals surface area contributed by atoms with Crippen LogP contribution in [0, 0.1) is 0 Å². The summed E-state index contributed by atoms with van der Waals surface area (Å²) in [7, 11) is -3.13. The fourth-order valence-electron chi connectivity index (χ4n) is 1.62. The van der Waals surface area contributed by atoms with E-state index in [0.29, 0.717) is 13.0 Å². The minimum absolute atomic E-state index is 0.0792. The molecule has 1 fully saturated rings. The first kappa shape index (κ1) is 14.4. The van der Waals surface area contributed by atoms with Crippen molar-refractivity contribution in [1.29, 1.82) is 0 Å². The highest BCUT2D eigenvalue weighted by Crippen LogP contribution is 2.24. The molecular weight excluding hydrogens is 246 g/mol. The molecule has 0 bridgehead atoms. The Hall–Kier alpha value is -0.660. The number of aliphatic hydroxyl groups is 1. The molecule has 1 saturated heterocycles. The lowest BCUT2D eigenvalue weighted by molar-refractivity contribution is -0.122. The molecule has 1 amide bonds. The van der Waals surface area contributed by atoms with Crippen LogP contribution >= 0.6 is 0 Å². The van der Waals surface area contributed by atoms with Crippen molar-refractivity contribution in [3.63, 3.8) is 0 Å². The van der Waals surface area contributed by atoms with E-state index in [2.05, 4.69) is 5.32 Å². The lowest BCUT2D eigenvalue weighted by Crippen LogP contribution is -2.47. The lowest BCUT2D eigenvalue weighted by atomic mass is 9.97. The van der Waals surface area contributed by atoms with E-state index >= 15 is 0 Å². The van der Waals surface area contributed by atoms with Crippen molar-refractivity contribution >= 4 is 15.7 Å². The zero-order chi connectivity index (χ0) is 13.1. The summed E-state index contributed by atoms with van der Waals surface area (Å²) in [6.45, 7) is 2.31. The molecule has 0 spiro atoms. The van der Waals surface area contributed by atoms with Gasteiger partial charge >= 0.3 is 0 Å². The van der Waals surface area contributed by atoms with Crippen molar-refractivity contribution in [3.05, 3.63) is 0 Å². The molecule has 1 aliphatic heterocycles. The number of sulfone groups is 1. The van der Waals surface area contributed by atoms with E-state index < -0.39 is 15.4 Å². The summed E-state index contributed by atoms with van der Waals surface area (Å²) in [6, 6.07) is 0. The molecule has 6 nitrogen and oxygen atoms in total. The largest absolute Gasteiger partial charge is 0.385 e. The number of hydrogen-bond acceptors (Lipinski definition) is 5. The smallest absolute Gasteiger partial charge is 0.221 e. The van der Waals surface area contributed by atoms with E-state index in [9.17, 15) is 18.3 Å². The highest BCUT2D eigenvalue weighted by atomic mass is 32.2. The van der Waals surface area contributed by atoms with Gasteiger partial charge in [-0.2, -0.15) is 0 Å². The Morgan fingerprint density at radius 3 is 2.71 bits per heavy atom. The van der Waals surface area contributed by atoms with Gasteiger partial charge in [0.15, 0.2) is 0 Å². The van der Waals surface area contributed by atoms with Gasteiger partial charge in [-0.25, -0.2) is 8.42 Å². The molecule has 0 aromatic heterocycles. The Kier molecular flexibility index (Phi) is 4.51. The van der Waals surface area contributed by atoms with Gasteiger partial charge in [0.1, 0.15) is 15.4 Å². The molecule has 0 saturated carbocycles. The highest BCUT2D eigenvalue weighted by Gasteiger charge is 2.39. The minimum Gasteiger partial charge on any atom is -0.385 e. The van der Waals surface area contributed by atoms with Crippen LogP contribution in [0.3, 0.4) is 0 Å². The second-order valence-electron chi connectivity index (χ2n) is 4.52. The van der Waals surface area contributed by atoms with Gasteiger partial charge in [0.05, 0.1) is 11.9 Å². The first-order valence-corrected chi connectivity index (χ1v) is 7.57. The maximum absolute atomic E-state index is 11.4. The van der Waals surface area contributed by atoms with E-state index in [1.165, 1.54) is 0 Å². The second-order valence-corrected chi connectivity index (χ2v) is 6.78. The molecule has 1 aliphatic rings. The fourth-order valence-corrected chi connectivity index (χ4v) is 2.18. The SMILES string of the molecule is CC1OCCC1(O)CNC(=O)CCS(C)(=O)=O. The van der Waals surface area contributed by atoms with E-state index in [4.69, 9.17) is 4.74 Å². The van der Waals surface area contributed by atoms with Crippen LogP contribution < -0.4 is 5.32 Å². The quantitative estimate of drug-likeness (QED) is 0.670. The van der Waals surface area contributed by atoms with Crippen LogP contribution in [0.5, 0.6) is 0 Å². The van der Waals surface area contributed by atoms with Gasteiger partial charge in [0.25, 0.3) is 0 Å². The van der Waals surface area contributed by atoms with Gasteiger partial charge in [-0.1, -0.05) is 0 Å². The summed E-state index contributed by atoms with van der Waals surface area (Å²) in [5, 5.41) is 12.6. The molecule has 2 unspecified atom stereocenters. The van der Waals surface area contributed by atoms with Gasteiger partial charge in [-0.3, -0.25) is 4.79 Å². The summed E-state index contributed by atoms with van der Waals surface area (Å²) >= 11 is 0. The Bertz CT molecular complexity index is 380. The number of amides is 1. The van der Waals surface area contributed by atoms with Crippen molar-refractivity contribution < 1.29 is 23.1 Å². The summed E-state index contributed by atoms with van der Waals surface area (Å²) in [5.41, 5.74) is -1.04. The van der Waals surface area contributed by atoms with E-state index in [1.807, 2.05) is 0 Å². The fraction of sp³-hybridized carbons (Fsp3) is 0.900. The third-order valence-electron chi connectivity index (χ3n) is 2.95. The number of ether oxygens (including phenoxy) is 1. The maximum Gasteiger partial charge on any atom is 0.221 e. The van der Waals surface area contributed by atoms with Crippen LogP contribution in [-0.4, -0.2) is 56.3 Å². The molecule has 0 aromatic carbocycles. The minimum atomic E-state index is -3.13. The second kappa shape index (κ2) is 5.32. The van der Waals surface area contributed by atoms with Crippen LogP contribution in [-0.2, 0) is 19.4 Å². The third-order valence-corrected chi connectivity index (χ3v) is 3.90. The molecule has 1 heterocycles. The molecule has 17 heavy (non-hydrogen) atoms. The first-order chi connectivity index (χ1) is 7.73. The van der Waals surface area contributed by atoms with Crippen LogP contribution in [0.15, 0.2) is 0 Å². The van der Waals surface area contributed by atoms with Gasteiger partial charge < -0.3 is 15.2 Å². The number of nitrogens with one attached hydrogen (secondary N) is 1. The van der Waals surface area contributed by atoms with Crippen LogP contribution in [0.4, 0.5) is 0 Å². The maximum atomic E-state index is 11.4. The molecule has 0 radical (unpaired) electrons. The number of hydrogen-bond donors (Lipinski definition) is 2. The molecule has 7 heteroatoms. The zero-order valence-corrected chi connectivity index (χ0v) is 10.9. The molecular formula is C10H19NO5S. The van der Waals surface area contributed by atoms with Crippen molar-refractivity contribution in [1.82, 2.24) is 5.32 Å². The average molecular weight is 265 g/mol. The zero-order valence-electron chi connectivity index (χ0n) is 10.1. The van der Waals surface area contributed by atoms with E-state index in [1.54, 1.807) is 6.92 Å². The van der Waals surface area contributed by atoms with Crippen molar-refractivity contribution in [2.45, 2.75) is 31.5 Å². The predicted octanol–water partition coefficient (Wildman–Crippen LogP) is -0.923. The number of rotatable bonds is 5. The summed E-state index contributed by atoms with van der Waals surface area (Å²) in [5.74, 6) is -0.550. The lowest BCUT2D eigenvalue weighted by Gasteiger charge is -2.26. The van der Waals surface area contributed by atoms with Crippen LogP contribution in [0.1, 0.15) is 19.8 Å². The topological polar surface area (TPSA) is 92.7 Å². The Labute approximate surface area is 101 Å². The average Bonchev–Trinajstić information content (AvgIpc) is 2.53. The van der Waals surface area contributed by atoms with E-state index in [0.717, 1.165) is 6.26 Å². The van der Waals surface area contributed by atoms with Gasteiger partial charge in [-0.15, -0.1) is 0 Å². The Balaban J connectivity index is 2.33. The molecule has 1 rings (SSSR count). The summed E-state index contributed by atoms with van der Waals surface area (Å²) in [6.07, 6.45) is 1.16. The van der Waals surface area contributed by atoms with Gasteiger partial charge in [0.2, 0.25) is 5.91 Å². The third kappa shape index (κ3) is 4.61. The summed E-state index contributed by atoms with van der Waals surface area (Å²) < 4.78 is 26.9. The monoisotopic (exact) mass is 265 g/mol. The normalized spacial score (nSPS) is 29.2. The van der Waals surface area contributed by atoms with E-state index in [-0.39, 0.29) is 30.7 Å². The Morgan fingerprint density at radius 1 is 1.59 bits per heavy atom. The van der Waals surface area contributed by atoms with Gasteiger partial charge in [-0.05, 0) is 6.92 Å². The van der Waals surface area contributed by atoms with Crippen LogP contribution in [0.2, 0.25) is 0 Å². The Morgan fingerprint density at radius 2 is 2.24 bits per heavy atom. The highest BCUT2D eigenvalue weighted by molar-refractivity contribution is 7.90. The first-order valence-electron chi connectivity index (χ1n) is 5.51. The molecule has 0 aliphatic carbocycles. The van der Waals surface area contributed by atoms with Gasteiger partial charge in [0, 0.05) is 32.2 Å². The van der Waals surface area contributed by atoms with Crippen molar-refractivity contribution in [3.8, 4) is 0 Å². The number of carbonyl (C=O) groups is 1. The standard InChI is InChI=1S/C10H19NO5S/c1-8-10(13,4-5-16-8)7-11-9(12)3-6-17(2,14)15/h8,13H,3-7H2,1-2H3,(H,11,12). The predicted molar refractivity (Wildman–Crippen MR) is 62.3 cm³/mol. The number of carbonyl (C=O) groups excluding carboxylic acids is 1. The molecule has 100 valence electrons. The molecule has 2 atom stereocenters. The summed E-state index contributed by atoms with van der Waals surface area (Å²) in [4.78, 5) is 11.4.